The van der Waals surface area contributed by atoms with E-state index in [9.17, 15) is 9.59 Å². The molecule has 0 bridgehead atoms. The molecule has 1 aliphatic heterocycles. The van der Waals surface area contributed by atoms with Crippen LogP contribution in [-0.4, -0.2) is 24.9 Å². The van der Waals surface area contributed by atoms with Crippen LogP contribution in [0.2, 0.25) is 0 Å². The lowest BCUT2D eigenvalue weighted by Crippen LogP contribution is -2.38. The molecule has 2 amide bonds. The molecule has 0 aliphatic carbocycles. The molecule has 2 aromatic rings. The fraction of sp³-hybridized carbons (Fsp3) is 0.333. The van der Waals surface area contributed by atoms with E-state index >= 15 is 0 Å². The van der Waals surface area contributed by atoms with Crippen molar-refractivity contribution >= 4 is 23.2 Å². The molecule has 0 spiro atoms. The van der Waals surface area contributed by atoms with Crippen LogP contribution in [0.25, 0.3) is 0 Å². The maximum absolute atomic E-state index is 12.6. The number of piperidine rings is 1. The first-order valence-corrected chi connectivity index (χ1v) is 9.12. The van der Waals surface area contributed by atoms with Gasteiger partial charge in [0.05, 0.1) is 11.4 Å². The number of nitrogens with zero attached hydrogens (tertiary/aromatic N) is 1. The minimum atomic E-state index is -0.221. The van der Waals surface area contributed by atoms with Crippen molar-refractivity contribution in [3.8, 4) is 0 Å². The summed E-state index contributed by atoms with van der Waals surface area (Å²) in [5.74, 6) is -0.390. The molecule has 2 aromatic carbocycles. The van der Waals surface area contributed by atoms with E-state index in [0.29, 0.717) is 5.56 Å². The van der Waals surface area contributed by atoms with Gasteiger partial charge in [-0.25, -0.2) is 0 Å². The molecule has 0 atom stereocenters. The monoisotopic (exact) mass is 351 g/mol. The Morgan fingerprint density at radius 2 is 1.73 bits per heavy atom. The van der Waals surface area contributed by atoms with Crippen LogP contribution in [0.3, 0.4) is 0 Å². The van der Waals surface area contributed by atoms with Crippen LogP contribution < -0.4 is 16.0 Å². The molecule has 0 aromatic heterocycles. The number of amides is 2. The molecule has 26 heavy (non-hydrogen) atoms. The van der Waals surface area contributed by atoms with E-state index in [2.05, 4.69) is 17.1 Å². The average Bonchev–Trinajstić information content (AvgIpc) is 2.68. The Morgan fingerprint density at radius 1 is 1.08 bits per heavy atom. The fourth-order valence-electron chi connectivity index (χ4n) is 3.35. The number of carbonyl (C=O) groups excluding carboxylic acids is 2. The zero-order valence-corrected chi connectivity index (χ0v) is 15.1. The summed E-state index contributed by atoms with van der Waals surface area (Å²) < 4.78 is 0. The molecule has 1 fully saturated rings. The number of hydrogen-bond acceptors (Lipinski definition) is 3. The van der Waals surface area contributed by atoms with Gasteiger partial charge in [0.25, 0.3) is 5.91 Å². The molecule has 3 N–H and O–H groups in total. The first-order chi connectivity index (χ1) is 12.6. The standard InChI is InChI=1S/C21H25N3O2/c1-2-15-7-9-17(10-8-15)21(26)23-18-5-3-4-6-19(18)24-13-11-16(12-14-24)20(22)25/h3-10,16H,2,11-14H2,1H3,(H2,22,25)(H,23,26). The average molecular weight is 351 g/mol. The number of nitrogens with one attached hydrogen (secondary N) is 1. The second-order valence-electron chi connectivity index (χ2n) is 6.69. The van der Waals surface area contributed by atoms with Crippen molar-refractivity contribution in [2.75, 3.05) is 23.3 Å². The van der Waals surface area contributed by atoms with Gasteiger partial charge in [0, 0.05) is 24.6 Å². The number of benzene rings is 2. The highest BCUT2D eigenvalue weighted by Crippen LogP contribution is 2.30. The molecule has 5 nitrogen and oxygen atoms in total. The van der Waals surface area contributed by atoms with E-state index in [1.807, 2.05) is 48.5 Å². The molecular weight excluding hydrogens is 326 g/mol. The van der Waals surface area contributed by atoms with Crippen molar-refractivity contribution in [2.45, 2.75) is 26.2 Å². The summed E-state index contributed by atoms with van der Waals surface area (Å²) in [5, 5.41) is 3.02. The number of hydrogen-bond donors (Lipinski definition) is 2. The third kappa shape index (κ3) is 4.04. The molecule has 1 saturated heterocycles. The van der Waals surface area contributed by atoms with Gasteiger partial charge in [-0.1, -0.05) is 31.2 Å². The molecule has 0 radical (unpaired) electrons. The smallest absolute Gasteiger partial charge is 0.255 e. The number of primary amides is 1. The van der Waals surface area contributed by atoms with Crippen molar-refractivity contribution in [2.24, 2.45) is 11.7 Å². The maximum atomic E-state index is 12.6. The highest BCUT2D eigenvalue weighted by atomic mass is 16.2. The summed E-state index contributed by atoms with van der Waals surface area (Å²) in [7, 11) is 0. The SMILES string of the molecule is CCc1ccc(C(=O)Nc2ccccc2N2CCC(C(N)=O)CC2)cc1. The van der Waals surface area contributed by atoms with Gasteiger partial charge >= 0.3 is 0 Å². The summed E-state index contributed by atoms with van der Waals surface area (Å²) >= 11 is 0. The Hall–Kier alpha value is -2.82. The predicted octanol–water partition coefficient (Wildman–Crippen LogP) is 3.20. The van der Waals surface area contributed by atoms with E-state index in [0.717, 1.165) is 43.7 Å². The minimum absolute atomic E-state index is 0.0508. The zero-order chi connectivity index (χ0) is 18.5. The zero-order valence-electron chi connectivity index (χ0n) is 15.1. The summed E-state index contributed by atoms with van der Waals surface area (Å²) in [6.07, 6.45) is 2.44. The van der Waals surface area contributed by atoms with E-state index in [-0.39, 0.29) is 17.7 Å². The maximum Gasteiger partial charge on any atom is 0.255 e. The van der Waals surface area contributed by atoms with E-state index in [4.69, 9.17) is 5.73 Å². The number of nitrogens with two attached hydrogens (primary N) is 1. The second-order valence-corrected chi connectivity index (χ2v) is 6.69. The third-order valence-electron chi connectivity index (χ3n) is 5.01. The largest absolute Gasteiger partial charge is 0.370 e. The van der Waals surface area contributed by atoms with Gasteiger partial charge in [0.1, 0.15) is 0 Å². The van der Waals surface area contributed by atoms with Gasteiger partial charge in [-0.15, -0.1) is 0 Å². The van der Waals surface area contributed by atoms with Crippen LogP contribution in [-0.2, 0) is 11.2 Å². The van der Waals surface area contributed by atoms with Crippen molar-refractivity contribution in [1.29, 1.82) is 0 Å². The summed E-state index contributed by atoms with van der Waals surface area (Å²) in [6, 6.07) is 15.5. The van der Waals surface area contributed by atoms with Crippen LogP contribution >= 0.6 is 0 Å². The number of rotatable bonds is 5. The topological polar surface area (TPSA) is 75.4 Å². The number of carbonyl (C=O) groups is 2. The van der Waals surface area contributed by atoms with Crippen molar-refractivity contribution in [1.82, 2.24) is 0 Å². The van der Waals surface area contributed by atoms with Crippen LogP contribution in [0.5, 0.6) is 0 Å². The number of para-hydroxylation sites is 2. The van der Waals surface area contributed by atoms with Gasteiger partial charge in [0.15, 0.2) is 0 Å². The van der Waals surface area contributed by atoms with Gasteiger partial charge < -0.3 is 16.0 Å². The third-order valence-corrected chi connectivity index (χ3v) is 5.01. The first kappa shape index (κ1) is 18.0. The molecule has 1 heterocycles. The lowest BCUT2D eigenvalue weighted by molar-refractivity contribution is -0.122. The van der Waals surface area contributed by atoms with Gasteiger partial charge in [-0.3, -0.25) is 9.59 Å². The van der Waals surface area contributed by atoms with Gasteiger partial charge in [-0.2, -0.15) is 0 Å². The summed E-state index contributed by atoms with van der Waals surface area (Å²) in [5.41, 5.74) is 9.04. The minimum Gasteiger partial charge on any atom is -0.370 e. The van der Waals surface area contributed by atoms with E-state index in [1.165, 1.54) is 5.56 Å². The molecule has 5 heteroatoms. The first-order valence-electron chi connectivity index (χ1n) is 9.12. The Bertz CT molecular complexity index is 778. The molecule has 0 unspecified atom stereocenters. The van der Waals surface area contributed by atoms with E-state index in [1.54, 1.807) is 0 Å². The number of anilines is 2. The summed E-state index contributed by atoms with van der Waals surface area (Å²) in [4.78, 5) is 26.2. The van der Waals surface area contributed by atoms with Crippen LogP contribution in [0.15, 0.2) is 48.5 Å². The van der Waals surface area contributed by atoms with Crippen molar-refractivity contribution in [3.63, 3.8) is 0 Å². The lowest BCUT2D eigenvalue weighted by atomic mass is 9.96. The van der Waals surface area contributed by atoms with Gasteiger partial charge in [0.2, 0.25) is 5.91 Å². The predicted molar refractivity (Wildman–Crippen MR) is 104 cm³/mol. The Labute approximate surface area is 154 Å². The second kappa shape index (κ2) is 8.04. The lowest BCUT2D eigenvalue weighted by Gasteiger charge is -2.33. The van der Waals surface area contributed by atoms with E-state index < -0.39 is 0 Å². The quantitative estimate of drug-likeness (QED) is 0.868. The Kier molecular flexibility index (Phi) is 5.56. The van der Waals surface area contributed by atoms with Crippen molar-refractivity contribution in [3.05, 3.63) is 59.7 Å². The van der Waals surface area contributed by atoms with Crippen LogP contribution in [0.4, 0.5) is 11.4 Å². The molecule has 0 saturated carbocycles. The highest BCUT2D eigenvalue weighted by molar-refractivity contribution is 6.06. The molecule has 3 rings (SSSR count). The summed E-state index contributed by atoms with van der Waals surface area (Å²) in [6.45, 7) is 3.60. The normalized spacial score (nSPS) is 14.9. The van der Waals surface area contributed by atoms with Crippen molar-refractivity contribution < 1.29 is 9.59 Å². The van der Waals surface area contributed by atoms with Crippen LogP contribution in [0, 0.1) is 5.92 Å². The Morgan fingerprint density at radius 3 is 2.35 bits per heavy atom. The van der Waals surface area contributed by atoms with Gasteiger partial charge in [-0.05, 0) is 49.1 Å². The van der Waals surface area contributed by atoms with Crippen LogP contribution in [0.1, 0.15) is 35.7 Å². The Balaban J connectivity index is 1.73. The molecule has 136 valence electrons. The highest BCUT2D eigenvalue weighted by Gasteiger charge is 2.24. The number of aryl methyl sites for hydroxylation is 1. The molecular formula is C21H25N3O2. The molecule has 1 aliphatic rings. The fourth-order valence-corrected chi connectivity index (χ4v) is 3.35.